The maximum atomic E-state index is 6.26. The van der Waals surface area contributed by atoms with Gasteiger partial charge in [0.1, 0.15) is 16.4 Å². The summed E-state index contributed by atoms with van der Waals surface area (Å²) in [5, 5.41) is 5.12. The molecule has 0 amide bonds. The number of halogens is 1. The summed E-state index contributed by atoms with van der Waals surface area (Å²) >= 11 is 7.94. The third-order valence-electron chi connectivity index (χ3n) is 4.62. The van der Waals surface area contributed by atoms with Crippen molar-refractivity contribution >= 4 is 39.0 Å². The summed E-state index contributed by atoms with van der Waals surface area (Å²) in [5.41, 5.74) is 3.14. The highest BCUT2D eigenvalue weighted by atomic mass is 35.5. The van der Waals surface area contributed by atoms with E-state index in [-0.39, 0.29) is 0 Å². The van der Waals surface area contributed by atoms with Gasteiger partial charge in [0.2, 0.25) is 0 Å². The lowest BCUT2D eigenvalue weighted by Crippen LogP contribution is -2.04. The molecule has 0 unspecified atom stereocenters. The molecule has 1 N–H and O–H groups in total. The smallest absolute Gasteiger partial charge is 0.164 e. The topological polar surface area (TPSA) is 59.9 Å². The van der Waals surface area contributed by atoms with E-state index in [1.807, 2.05) is 30.3 Å². The molecule has 3 heterocycles. The minimum absolute atomic E-state index is 0.591. The van der Waals surface area contributed by atoms with Gasteiger partial charge in [0, 0.05) is 29.4 Å². The number of aryl methyl sites for hydroxylation is 2. The van der Waals surface area contributed by atoms with Crippen LogP contribution in [0.2, 0.25) is 5.02 Å². The molecule has 3 aromatic heterocycles. The van der Waals surface area contributed by atoms with Crippen molar-refractivity contribution in [3.63, 3.8) is 0 Å². The Bertz CT molecular complexity index is 1140. The van der Waals surface area contributed by atoms with E-state index in [0.29, 0.717) is 23.1 Å². The molecule has 1 aromatic carbocycles. The normalized spacial score (nSPS) is 11.0. The Balaban J connectivity index is 1.73. The number of nitrogens with zero attached hydrogens (tertiary/aromatic N) is 3. The Kier molecular flexibility index (Phi) is 5.15. The molecular formula is C21H19ClN4OS. The molecular weight excluding hydrogens is 392 g/mol. The third-order valence-corrected chi connectivity index (χ3v) is 6.02. The van der Waals surface area contributed by atoms with Crippen molar-refractivity contribution in [2.45, 2.75) is 20.4 Å². The molecule has 0 radical (unpaired) electrons. The standard InChI is InChI=1S/C21H19ClN4OS/c1-12-13(2)28-21-18(12)20(25-19(26-21)15-5-4-8-23-11-15)24-10-14-6-7-17(27-3)16(22)9-14/h4-9,11H,10H2,1-3H3,(H,24,25,26). The van der Waals surface area contributed by atoms with Crippen LogP contribution in [0.3, 0.4) is 0 Å². The van der Waals surface area contributed by atoms with Crippen LogP contribution < -0.4 is 10.1 Å². The van der Waals surface area contributed by atoms with E-state index in [1.54, 1.807) is 30.8 Å². The summed E-state index contributed by atoms with van der Waals surface area (Å²) < 4.78 is 5.23. The fourth-order valence-electron chi connectivity index (χ4n) is 3.01. The minimum atomic E-state index is 0.591. The van der Waals surface area contributed by atoms with Crippen LogP contribution in [0.5, 0.6) is 5.75 Å². The van der Waals surface area contributed by atoms with E-state index in [2.05, 4.69) is 24.1 Å². The zero-order valence-electron chi connectivity index (χ0n) is 15.8. The van der Waals surface area contributed by atoms with Crippen molar-refractivity contribution in [2.24, 2.45) is 0 Å². The zero-order chi connectivity index (χ0) is 19.7. The second-order valence-corrected chi connectivity index (χ2v) is 8.03. The number of thiophene rings is 1. The summed E-state index contributed by atoms with van der Waals surface area (Å²) in [4.78, 5) is 16.0. The molecule has 142 valence electrons. The molecule has 0 bridgehead atoms. The highest BCUT2D eigenvalue weighted by Gasteiger charge is 2.15. The van der Waals surface area contributed by atoms with Crippen molar-refractivity contribution < 1.29 is 4.74 Å². The van der Waals surface area contributed by atoms with Gasteiger partial charge in [-0.15, -0.1) is 11.3 Å². The van der Waals surface area contributed by atoms with Crippen molar-refractivity contribution in [2.75, 3.05) is 12.4 Å². The van der Waals surface area contributed by atoms with E-state index in [0.717, 1.165) is 27.2 Å². The van der Waals surface area contributed by atoms with Crippen LogP contribution in [0.25, 0.3) is 21.6 Å². The number of hydrogen-bond acceptors (Lipinski definition) is 6. The molecule has 0 atom stereocenters. The third kappa shape index (κ3) is 3.53. The number of rotatable bonds is 5. The number of anilines is 1. The summed E-state index contributed by atoms with van der Waals surface area (Å²) in [7, 11) is 1.61. The van der Waals surface area contributed by atoms with Crippen LogP contribution in [0.4, 0.5) is 5.82 Å². The molecule has 4 aromatic rings. The lowest BCUT2D eigenvalue weighted by Gasteiger charge is -2.11. The monoisotopic (exact) mass is 410 g/mol. The van der Waals surface area contributed by atoms with E-state index in [4.69, 9.17) is 26.3 Å². The molecule has 0 aliphatic carbocycles. The Labute approximate surface area is 172 Å². The zero-order valence-corrected chi connectivity index (χ0v) is 17.4. The number of aromatic nitrogens is 3. The highest BCUT2D eigenvalue weighted by Crippen LogP contribution is 2.35. The Morgan fingerprint density at radius 2 is 2.04 bits per heavy atom. The summed E-state index contributed by atoms with van der Waals surface area (Å²) in [6.45, 7) is 4.81. The molecule has 0 saturated heterocycles. The quantitative estimate of drug-likeness (QED) is 0.461. The SMILES string of the molecule is COc1ccc(CNc2nc(-c3cccnc3)nc3sc(C)c(C)c23)cc1Cl. The van der Waals surface area contributed by atoms with Crippen LogP contribution in [-0.4, -0.2) is 22.1 Å². The number of fused-ring (bicyclic) bond motifs is 1. The molecule has 0 saturated carbocycles. The molecule has 4 rings (SSSR count). The molecule has 0 spiro atoms. The average molecular weight is 411 g/mol. The predicted octanol–water partition coefficient (Wildman–Crippen LogP) is 5.64. The molecule has 0 fully saturated rings. The van der Waals surface area contributed by atoms with E-state index in [9.17, 15) is 0 Å². The van der Waals surface area contributed by atoms with E-state index >= 15 is 0 Å². The van der Waals surface area contributed by atoms with Crippen molar-refractivity contribution in [1.29, 1.82) is 0 Å². The van der Waals surface area contributed by atoms with Crippen molar-refractivity contribution in [3.8, 4) is 17.1 Å². The molecule has 28 heavy (non-hydrogen) atoms. The Morgan fingerprint density at radius 1 is 1.18 bits per heavy atom. The van der Waals surface area contributed by atoms with Gasteiger partial charge in [-0.05, 0) is 49.2 Å². The van der Waals surface area contributed by atoms with Gasteiger partial charge >= 0.3 is 0 Å². The van der Waals surface area contributed by atoms with Crippen LogP contribution in [0.1, 0.15) is 16.0 Å². The Hall–Kier alpha value is -2.70. The first kappa shape index (κ1) is 18.7. The maximum absolute atomic E-state index is 6.26. The summed E-state index contributed by atoms with van der Waals surface area (Å²) in [5.74, 6) is 2.15. The second kappa shape index (κ2) is 7.73. The number of pyridine rings is 1. The number of ether oxygens (including phenoxy) is 1. The van der Waals surface area contributed by atoms with Gasteiger partial charge in [0.25, 0.3) is 0 Å². The molecule has 5 nitrogen and oxygen atoms in total. The largest absolute Gasteiger partial charge is 0.495 e. The number of methoxy groups -OCH3 is 1. The molecule has 7 heteroatoms. The van der Waals surface area contributed by atoms with Crippen LogP contribution in [-0.2, 0) is 6.54 Å². The lowest BCUT2D eigenvalue weighted by atomic mass is 10.2. The number of benzene rings is 1. The lowest BCUT2D eigenvalue weighted by molar-refractivity contribution is 0.415. The van der Waals surface area contributed by atoms with Gasteiger partial charge < -0.3 is 10.1 Å². The van der Waals surface area contributed by atoms with Gasteiger partial charge in [-0.25, -0.2) is 9.97 Å². The predicted molar refractivity (Wildman–Crippen MR) is 115 cm³/mol. The second-order valence-electron chi connectivity index (χ2n) is 6.42. The van der Waals surface area contributed by atoms with Gasteiger partial charge in [0.05, 0.1) is 17.5 Å². The van der Waals surface area contributed by atoms with Crippen molar-refractivity contribution in [1.82, 2.24) is 15.0 Å². The van der Waals surface area contributed by atoms with Crippen LogP contribution in [0, 0.1) is 13.8 Å². The van der Waals surface area contributed by atoms with Gasteiger partial charge in [0.15, 0.2) is 5.82 Å². The van der Waals surface area contributed by atoms with Crippen molar-refractivity contribution in [3.05, 3.63) is 63.8 Å². The van der Waals surface area contributed by atoms with E-state index in [1.165, 1.54) is 10.4 Å². The highest BCUT2D eigenvalue weighted by molar-refractivity contribution is 7.18. The summed E-state index contributed by atoms with van der Waals surface area (Å²) in [6.07, 6.45) is 3.52. The van der Waals surface area contributed by atoms with Gasteiger partial charge in [-0.2, -0.15) is 0 Å². The van der Waals surface area contributed by atoms with Gasteiger partial charge in [-0.1, -0.05) is 17.7 Å². The van der Waals surface area contributed by atoms with E-state index < -0.39 is 0 Å². The van der Waals surface area contributed by atoms with Crippen LogP contribution in [0.15, 0.2) is 42.7 Å². The van der Waals surface area contributed by atoms with Crippen LogP contribution >= 0.6 is 22.9 Å². The average Bonchev–Trinajstić information content (AvgIpc) is 3.00. The number of nitrogens with one attached hydrogen (secondary N) is 1. The Morgan fingerprint density at radius 3 is 2.75 bits per heavy atom. The summed E-state index contributed by atoms with van der Waals surface area (Å²) in [6, 6.07) is 9.62. The van der Waals surface area contributed by atoms with Gasteiger partial charge in [-0.3, -0.25) is 4.98 Å². The maximum Gasteiger partial charge on any atom is 0.164 e. The molecule has 0 aliphatic heterocycles. The molecule has 0 aliphatic rings. The first-order valence-electron chi connectivity index (χ1n) is 8.81. The minimum Gasteiger partial charge on any atom is -0.495 e. The fourth-order valence-corrected chi connectivity index (χ4v) is 4.32. The first-order valence-corrected chi connectivity index (χ1v) is 10.0. The fraction of sp³-hybridized carbons (Fsp3) is 0.190. The first-order chi connectivity index (χ1) is 13.6. The number of hydrogen-bond donors (Lipinski definition) is 1.